The van der Waals surface area contributed by atoms with Gasteiger partial charge in [-0.2, -0.15) is 0 Å². The summed E-state index contributed by atoms with van der Waals surface area (Å²) in [6.07, 6.45) is 3.43. The summed E-state index contributed by atoms with van der Waals surface area (Å²) < 4.78 is 0.652. The lowest BCUT2D eigenvalue weighted by Gasteiger charge is -2.11. The standard InChI is InChI=1S/C13H16N4O3/c18-6-2-5-14-13-15-17(20)12-8-10-4-1-3-9(10)7-11(12)16(13)19/h7-8,18H,1-6H2,(H,14,15). The summed E-state index contributed by atoms with van der Waals surface area (Å²) in [5, 5.41) is 39.4. The average molecular weight is 276 g/mol. The van der Waals surface area contributed by atoms with Crippen LogP contribution in [0.5, 0.6) is 0 Å². The van der Waals surface area contributed by atoms with E-state index < -0.39 is 0 Å². The van der Waals surface area contributed by atoms with Gasteiger partial charge >= 0.3 is 5.95 Å². The second kappa shape index (κ2) is 5.09. The number of aliphatic hydroxyl groups is 1. The molecule has 0 bridgehead atoms. The van der Waals surface area contributed by atoms with Gasteiger partial charge in [0, 0.05) is 23.9 Å². The van der Waals surface area contributed by atoms with E-state index in [0.29, 0.717) is 33.6 Å². The topological polar surface area (TPSA) is 99.0 Å². The van der Waals surface area contributed by atoms with Gasteiger partial charge in [-0.05, 0) is 36.5 Å². The Morgan fingerprint density at radius 1 is 1.20 bits per heavy atom. The predicted molar refractivity (Wildman–Crippen MR) is 71.9 cm³/mol. The fraction of sp³-hybridized carbons (Fsp3) is 0.462. The van der Waals surface area contributed by atoms with Crippen LogP contribution in [0.15, 0.2) is 12.1 Å². The Bertz CT molecular complexity index is 660. The van der Waals surface area contributed by atoms with Crippen LogP contribution in [0.1, 0.15) is 24.0 Å². The largest absolute Gasteiger partial charge is 0.739 e. The van der Waals surface area contributed by atoms with Gasteiger partial charge < -0.3 is 15.5 Å². The van der Waals surface area contributed by atoms with Crippen LogP contribution in [-0.4, -0.2) is 23.4 Å². The van der Waals surface area contributed by atoms with Crippen molar-refractivity contribution >= 4 is 17.0 Å². The second-order valence-electron chi connectivity index (χ2n) is 4.96. The molecule has 2 aromatic rings. The molecule has 1 aliphatic carbocycles. The molecule has 0 aliphatic heterocycles. The van der Waals surface area contributed by atoms with E-state index in [2.05, 4.69) is 10.4 Å². The molecule has 0 saturated heterocycles. The summed E-state index contributed by atoms with van der Waals surface area (Å²) in [4.78, 5) is 0.490. The molecule has 106 valence electrons. The predicted octanol–water partition coefficient (Wildman–Crippen LogP) is -0.215. The minimum Gasteiger partial charge on any atom is -0.739 e. The summed E-state index contributed by atoms with van der Waals surface area (Å²) in [6.45, 7) is 0.409. The van der Waals surface area contributed by atoms with Crippen LogP contribution < -0.4 is 14.9 Å². The molecule has 0 atom stereocenters. The van der Waals surface area contributed by atoms with E-state index in [1.165, 1.54) is 0 Å². The van der Waals surface area contributed by atoms with E-state index in [1.54, 1.807) is 12.1 Å². The highest BCUT2D eigenvalue weighted by Gasteiger charge is 2.23. The van der Waals surface area contributed by atoms with Crippen LogP contribution in [0.25, 0.3) is 11.0 Å². The Labute approximate surface area is 115 Å². The Morgan fingerprint density at radius 2 is 1.90 bits per heavy atom. The smallest absolute Gasteiger partial charge is 0.460 e. The highest BCUT2D eigenvalue weighted by Crippen LogP contribution is 2.24. The minimum absolute atomic E-state index is 0.0182. The SMILES string of the molecule is [O-][n+]1nc(NCCCO)[n+]([O-])c2cc3c(cc21)CCC3. The summed E-state index contributed by atoms with van der Waals surface area (Å²) in [6, 6.07) is 3.56. The van der Waals surface area contributed by atoms with Crippen molar-refractivity contribution < 1.29 is 14.7 Å². The Kier molecular flexibility index (Phi) is 3.27. The third-order valence-electron chi connectivity index (χ3n) is 3.61. The van der Waals surface area contributed by atoms with Crippen LogP contribution >= 0.6 is 0 Å². The quantitative estimate of drug-likeness (QED) is 0.457. The van der Waals surface area contributed by atoms with Crippen molar-refractivity contribution in [2.75, 3.05) is 18.5 Å². The molecule has 2 N–H and O–H groups in total. The number of aryl methyl sites for hydroxylation is 2. The lowest BCUT2D eigenvalue weighted by molar-refractivity contribution is -0.672. The van der Waals surface area contributed by atoms with Gasteiger partial charge in [-0.3, -0.25) is 5.32 Å². The Morgan fingerprint density at radius 3 is 2.60 bits per heavy atom. The first-order valence-electron chi connectivity index (χ1n) is 6.74. The molecule has 0 saturated carbocycles. The molecular weight excluding hydrogens is 260 g/mol. The fourth-order valence-electron chi connectivity index (χ4n) is 2.59. The van der Waals surface area contributed by atoms with Crippen molar-refractivity contribution in [2.24, 2.45) is 0 Å². The Hall–Kier alpha value is -2.15. The van der Waals surface area contributed by atoms with Crippen LogP contribution in [-0.2, 0) is 12.8 Å². The van der Waals surface area contributed by atoms with Gasteiger partial charge in [0.25, 0.3) is 5.52 Å². The lowest BCUT2D eigenvalue weighted by atomic mass is 10.1. The average Bonchev–Trinajstić information content (AvgIpc) is 2.90. The maximum atomic E-state index is 12.3. The zero-order valence-electron chi connectivity index (χ0n) is 11.0. The van der Waals surface area contributed by atoms with Crippen LogP contribution in [0.2, 0.25) is 0 Å². The van der Waals surface area contributed by atoms with Gasteiger partial charge in [0.1, 0.15) is 0 Å². The molecule has 1 aliphatic rings. The van der Waals surface area contributed by atoms with E-state index in [0.717, 1.165) is 30.4 Å². The van der Waals surface area contributed by atoms with Crippen LogP contribution in [0.4, 0.5) is 5.95 Å². The van der Waals surface area contributed by atoms with Gasteiger partial charge in [0.05, 0.1) is 6.54 Å². The van der Waals surface area contributed by atoms with Crippen molar-refractivity contribution in [3.8, 4) is 0 Å². The van der Waals surface area contributed by atoms with Crippen LogP contribution in [0, 0.1) is 10.4 Å². The van der Waals surface area contributed by atoms with Gasteiger partial charge in [-0.15, -0.1) is 0 Å². The number of nitrogens with one attached hydrogen (secondary N) is 1. The molecule has 0 fully saturated rings. The lowest BCUT2D eigenvalue weighted by Crippen LogP contribution is -2.44. The van der Waals surface area contributed by atoms with Crippen LogP contribution in [0.3, 0.4) is 0 Å². The van der Waals surface area contributed by atoms with E-state index in [9.17, 15) is 10.4 Å². The van der Waals surface area contributed by atoms with Crippen molar-refractivity contribution in [2.45, 2.75) is 25.7 Å². The third-order valence-corrected chi connectivity index (χ3v) is 3.61. The molecule has 0 amide bonds. The van der Waals surface area contributed by atoms with E-state index in [1.807, 2.05) is 0 Å². The molecule has 3 rings (SSSR count). The molecule has 7 nitrogen and oxygen atoms in total. The molecule has 20 heavy (non-hydrogen) atoms. The highest BCUT2D eigenvalue weighted by molar-refractivity contribution is 5.71. The van der Waals surface area contributed by atoms with Gasteiger partial charge in [0.2, 0.25) is 5.10 Å². The molecule has 0 unspecified atom stereocenters. The summed E-state index contributed by atoms with van der Waals surface area (Å²) in [5.74, 6) is -0.0288. The number of hydrogen-bond acceptors (Lipinski definition) is 5. The molecule has 1 aromatic carbocycles. The number of anilines is 1. The number of rotatable bonds is 4. The summed E-state index contributed by atoms with van der Waals surface area (Å²) in [5.41, 5.74) is 2.90. The fourth-order valence-corrected chi connectivity index (χ4v) is 2.59. The van der Waals surface area contributed by atoms with Crippen molar-refractivity contribution in [3.05, 3.63) is 33.7 Å². The zero-order chi connectivity index (χ0) is 14.1. The van der Waals surface area contributed by atoms with Crippen molar-refractivity contribution in [1.82, 2.24) is 5.10 Å². The zero-order valence-corrected chi connectivity index (χ0v) is 11.0. The van der Waals surface area contributed by atoms with Crippen molar-refractivity contribution in [1.29, 1.82) is 0 Å². The summed E-state index contributed by atoms with van der Waals surface area (Å²) >= 11 is 0. The molecule has 0 spiro atoms. The molecule has 1 aromatic heterocycles. The van der Waals surface area contributed by atoms with Gasteiger partial charge in [-0.1, -0.05) is 0 Å². The molecular formula is C13H16N4O3. The maximum Gasteiger partial charge on any atom is 0.460 e. The van der Waals surface area contributed by atoms with Crippen molar-refractivity contribution in [3.63, 3.8) is 0 Å². The maximum absolute atomic E-state index is 12.3. The first kappa shape index (κ1) is 12.9. The second-order valence-corrected chi connectivity index (χ2v) is 4.96. The monoisotopic (exact) mass is 276 g/mol. The first-order valence-corrected chi connectivity index (χ1v) is 6.74. The number of fused-ring (bicyclic) bond motifs is 2. The minimum atomic E-state index is -0.0288. The Balaban J connectivity index is 2.07. The van der Waals surface area contributed by atoms with E-state index >= 15 is 0 Å². The first-order chi connectivity index (χ1) is 9.70. The normalized spacial score (nSPS) is 13.7. The number of benzene rings is 1. The molecule has 7 heteroatoms. The summed E-state index contributed by atoms with van der Waals surface area (Å²) in [7, 11) is 0. The number of aliphatic hydroxyl groups excluding tert-OH is 1. The highest BCUT2D eigenvalue weighted by atomic mass is 16.5. The number of hydrogen-bond donors (Lipinski definition) is 2. The van der Waals surface area contributed by atoms with E-state index in [-0.39, 0.29) is 12.6 Å². The molecule has 0 radical (unpaired) electrons. The van der Waals surface area contributed by atoms with E-state index in [4.69, 9.17) is 5.11 Å². The third kappa shape index (κ3) is 2.09. The number of aromatic nitrogens is 3. The molecule has 1 heterocycles. The van der Waals surface area contributed by atoms with Gasteiger partial charge in [0.15, 0.2) is 5.52 Å². The van der Waals surface area contributed by atoms with Gasteiger partial charge in [-0.25, -0.2) is 4.73 Å². The number of nitrogens with zero attached hydrogens (tertiary/aromatic N) is 3.